The second kappa shape index (κ2) is 4.57. The van der Waals surface area contributed by atoms with E-state index in [0.717, 1.165) is 6.26 Å². The van der Waals surface area contributed by atoms with Gasteiger partial charge in [0, 0.05) is 12.3 Å². The molecule has 0 aromatic carbocycles. The molecule has 0 aliphatic rings. The van der Waals surface area contributed by atoms with E-state index in [1.165, 1.54) is 0 Å². The van der Waals surface area contributed by atoms with Gasteiger partial charge in [-0.3, -0.25) is 0 Å². The molecule has 0 fully saturated rings. The van der Waals surface area contributed by atoms with E-state index in [4.69, 9.17) is 4.74 Å². The van der Waals surface area contributed by atoms with Crippen molar-refractivity contribution in [2.75, 3.05) is 18.6 Å². The molecular formula is C9H13N2O3S. The van der Waals surface area contributed by atoms with Crippen molar-refractivity contribution in [3.05, 3.63) is 17.5 Å². The quantitative estimate of drug-likeness (QED) is 0.743. The largest absolute Gasteiger partial charge is 0.462 e. The summed E-state index contributed by atoms with van der Waals surface area (Å²) in [5.74, 6) is -0.0347. The summed E-state index contributed by atoms with van der Waals surface area (Å²) >= 11 is 0. The van der Waals surface area contributed by atoms with E-state index in [1.807, 2.05) is 0 Å². The van der Waals surface area contributed by atoms with Crippen LogP contribution in [0.15, 0.2) is 0 Å². The molecule has 15 heavy (non-hydrogen) atoms. The van der Waals surface area contributed by atoms with Crippen molar-refractivity contribution in [2.24, 2.45) is 0 Å². The molecule has 0 saturated heterocycles. The van der Waals surface area contributed by atoms with E-state index in [1.54, 1.807) is 13.8 Å². The maximum absolute atomic E-state index is 10.8. The summed E-state index contributed by atoms with van der Waals surface area (Å²) in [5.41, 5.74) is 1.36. The monoisotopic (exact) mass is 229 g/mol. The average molecular weight is 229 g/mol. The Bertz CT molecular complexity index is 422. The SMILES string of the molecule is Cc1[c]c(C)nc(OCCS(C)(=O)=O)n1. The van der Waals surface area contributed by atoms with Crippen molar-refractivity contribution in [3.8, 4) is 6.01 Å². The standard InChI is InChI=1S/C9H13N2O3S/c1-7-6-8(2)11-9(10-7)14-4-5-15(3,12)13/h4-5H2,1-3H3. The molecule has 6 heteroatoms. The average Bonchev–Trinajstić information content (AvgIpc) is 1.99. The Balaban J connectivity index is 2.58. The highest BCUT2D eigenvalue weighted by Gasteiger charge is 2.05. The van der Waals surface area contributed by atoms with E-state index in [0.29, 0.717) is 11.4 Å². The molecule has 1 aromatic rings. The molecule has 0 saturated carbocycles. The minimum atomic E-state index is -3.00. The summed E-state index contributed by atoms with van der Waals surface area (Å²) < 4.78 is 26.8. The smallest absolute Gasteiger partial charge is 0.316 e. The van der Waals surface area contributed by atoms with Gasteiger partial charge in [0.2, 0.25) is 0 Å². The topological polar surface area (TPSA) is 69.2 Å². The van der Waals surface area contributed by atoms with Crippen LogP contribution >= 0.6 is 0 Å². The van der Waals surface area contributed by atoms with E-state index in [2.05, 4.69) is 16.0 Å². The lowest BCUT2D eigenvalue weighted by molar-refractivity contribution is 0.312. The van der Waals surface area contributed by atoms with Crippen molar-refractivity contribution >= 4 is 9.84 Å². The molecule has 0 aliphatic heterocycles. The minimum Gasteiger partial charge on any atom is -0.462 e. The van der Waals surface area contributed by atoms with Crippen LogP contribution in [0, 0.1) is 19.9 Å². The zero-order chi connectivity index (χ0) is 11.5. The van der Waals surface area contributed by atoms with Crippen LogP contribution in [-0.4, -0.2) is 37.0 Å². The van der Waals surface area contributed by atoms with Gasteiger partial charge < -0.3 is 4.74 Å². The molecule has 1 heterocycles. The van der Waals surface area contributed by atoms with Crippen molar-refractivity contribution < 1.29 is 13.2 Å². The molecule has 1 rings (SSSR count). The predicted molar refractivity (Wildman–Crippen MR) is 55.5 cm³/mol. The maximum Gasteiger partial charge on any atom is 0.316 e. The van der Waals surface area contributed by atoms with Crippen molar-refractivity contribution in [3.63, 3.8) is 0 Å². The summed E-state index contributed by atoms with van der Waals surface area (Å²) in [5, 5.41) is 0. The highest BCUT2D eigenvalue weighted by Crippen LogP contribution is 2.05. The lowest BCUT2D eigenvalue weighted by Crippen LogP contribution is -2.13. The molecule has 0 atom stereocenters. The number of rotatable bonds is 4. The van der Waals surface area contributed by atoms with Gasteiger partial charge in [-0.25, -0.2) is 8.42 Å². The van der Waals surface area contributed by atoms with Crippen LogP contribution in [0.4, 0.5) is 0 Å². The first-order valence-electron chi connectivity index (χ1n) is 4.42. The van der Waals surface area contributed by atoms with Gasteiger partial charge in [-0.15, -0.1) is 0 Å². The van der Waals surface area contributed by atoms with Gasteiger partial charge in [0.1, 0.15) is 6.61 Å². The highest BCUT2D eigenvalue weighted by molar-refractivity contribution is 7.90. The predicted octanol–water partition coefficient (Wildman–Crippen LogP) is 0.317. The van der Waals surface area contributed by atoms with E-state index < -0.39 is 9.84 Å². The Labute approximate surface area is 89.4 Å². The number of hydrogen-bond acceptors (Lipinski definition) is 5. The second-order valence-corrected chi connectivity index (χ2v) is 5.54. The third-order valence-electron chi connectivity index (χ3n) is 1.57. The van der Waals surface area contributed by atoms with E-state index in [9.17, 15) is 8.42 Å². The molecule has 83 valence electrons. The molecular weight excluding hydrogens is 216 g/mol. The zero-order valence-corrected chi connectivity index (χ0v) is 9.76. The van der Waals surface area contributed by atoms with Crippen LogP contribution in [0.5, 0.6) is 6.01 Å². The van der Waals surface area contributed by atoms with Crippen LogP contribution < -0.4 is 4.74 Å². The summed E-state index contributed by atoms with van der Waals surface area (Å²) in [6.07, 6.45) is 1.16. The second-order valence-electron chi connectivity index (χ2n) is 3.28. The number of aryl methyl sites for hydroxylation is 2. The van der Waals surface area contributed by atoms with Gasteiger partial charge in [0.05, 0.1) is 17.1 Å². The lowest BCUT2D eigenvalue weighted by atomic mass is 10.4. The maximum atomic E-state index is 10.8. The summed E-state index contributed by atoms with van der Waals surface area (Å²) in [6, 6.07) is 3.10. The fourth-order valence-electron chi connectivity index (χ4n) is 0.979. The molecule has 0 bridgehead atoms. The zero-order valence-electron chi connectivity index (χ0n) is 8.94. The molecule has 0 amide bonds. The van der Waals surface area contributed by atoms with Crippen molar-refractivity contribution in [2.45, 2.75) is 13.8 Å². The fourth-order valence-corrected chi connectivity index (χ4v) is 1.36. The molecule has 0 spiro atoms. The first kappa shape index (κ1) is 11.9. The third kappa shape index (κ3) is 4.73. The molecule has 1 radical (unpaired) electrons. The summed E-state index contributed by atoms with van der Waals surface area (Å²) in [6.45, 7) is 3.62. The Kier molecular flexibility index (Phi) is 3.62. The molecule has 5 nitrogen and oxygen atoms in total. The van der Waals surface area contributed by atoms with Crippen LogP contribution in [0.2, 0.25) is 0 Å². The highest BCUT2D eigenvalue weighted by atomic mass is 32.2. The molecule has 0 unspecified atom stereocenters. The molecule has 0 N–H and O–H groups in total. The van der Waals surface area contributed by atoms with E-state index >= 15 is 0 Å². The van der Waals surface area contributed by atoms with Crippen LogP contribution in [0.1, 0.15) is 11.4 Å². The number of hydrogen-bond donors (Lipinski definition) is 0. The Hall–Kier alpha value is -1.17. The number of ether oxygens (including phenoxy) is 1. The molecule has 1 aromatic heterocycles. The number of nitrogens with zero attached hydrogens (tertiary/aromatic N) is 2. The van der Waals surface area contributed by atoms with Gasteiger partial charge in [-0.1, -0.05) is 0 Å². The molecule has 0 aliphatic carbocycles. The van der Waals surface area contributed by atoms with Crippen molar-refractivity contribution in [1.82, 2.24) is 9.97 Å². The Morgan fingerprint density at radius 1 is 1.27 bits per heavy atom. The van der Waals surface area contributed by atoms with Gasteiger partial charge in [0.25, 0.3) is 0 Å². The summed E-state index contributed by atoms with van der Waals surface area (Å²) in [4.78, 5) is 7.94. The van der Waals surface area contributed by atoms with Crippen molar-refractivity contribution in [1.29, 1.82) is 0 Å². The van der Waals surface area contributed by atoms with Gasteiger partial charge in [-0.05, 0) is 13.8 Å². The van der Waals surface area contributed by atoms with Gasteiger partial charge in [0.15, 0.2) is 9.84 Å². The number of sulfone groups is 1. The summed E-state index contributed by atoms with van der Waals surface area (Å²) in [7, 11) is -3.00. The van der Waals surface area contributed by atoms with Gasteiger partial charge in [-0.2, -0.15) is 9.97 Å². The van der Waals surface area contributed by atoms with Crippen LogP contribution in [0.25, 0.3) is 0 Å². The Morgan fingerprint density at radius 2 is 1.80 bits per heavy atom. The van der Waals surface area contributed by atoms with Crippen LogP contribution in [-0.2, 0) is 9.84 Å². The third-order valence-corrected chi connectivity index (χ3v) is 2.48. The first-order valence-corrected chi connectivity index (χ1v) is 6.48. The fraction of sp³-hybridized carbons (Fsp3) is 0.556. The first-order chi connectivity index (χ1) is 6.87. The van der Waals surface area contributed by atoms with E-state index in [-0.39, 0.29) is 18.4 Å². The van der Waals surface area contributed by atoms with Crippen LogP contribution in [0.3, 0.4) is 0 Å². The number of aromatic nitrogens is 2. The van der Waals surface area contributed by atoms with Gasteiger partial charge >= 0.3 is 6.01 Å². The minimum absolute atomic E-state index is 0.0347. The lowest BCUT2D eigenvalue weighted by Gasteiger charge is -2.04. The normalized spacial score (nSPS) is 11.4. The Morgan fingerprint density at radius 3 is 2.27 bits per heavy atom.